The summed E-state index contributed by atoms with van der Waals surface area (Å²) in [6, 6.07) is -0.608. The van der Waals surface area contributed by atoms with E-state index >= 15 is 0 Å². The van der Waals surface area contributed by atoms with Gasteiger partial charge >= 0.3 is 5.97 Å². The van der Waals surface area contributed by atoms with Crippen molar-refractivity contribution in [2.75, 3.05) is 12.3 Å². The molecule has 0 aromatic rings. The summed E-state index contributed by atoms with van der Waals surface area (Å²) in [4.78, 5) is 25.3. The molecule has 0 aromatic carbocycles. The maximum atomic E-state index is 12.4. The molecule has 0 saturated carbocycles. The third-order valence-corrected chi connectivity index (χ3v) is 5.25. The number of piperidine rings is 1. The van der Waals surface area contributed by atoms with E-state index in [1.165, 1.54) is 6.42 Å². The summed E-state index contributed by atoms with van der Waals surface area (Å²) in [5.41, 5.74) is 0. The Morgan fingerprint density at radius 2 is 2.06 bits per heavy atom. The quantitative estimate of drug-likeness (QED) is 0.834. The second kappa shape index (κ2) is 5.95. The zero-order valence-corrected chi connectivity index (χ0v) is 11.6. The number of hydrogen-bond acceptors (Lipinski definition) is 3. The highest BCUT2D eigenvalue weighted by molar-refractivity contribution is 8.00. The maximum Gasteiger partial charge on any atom is 0.326 e. The van der Waals surface area contributed by atoms with Crippen molar-refractivity contribution in [3.63, 3.8) is 0 Å². The number of likely N-dealkylation sites (tertiary alicyclic amines) is 1. The van der Waals surface area contributed by atoms with Crippen LogP contribution in [0.15, 0.2) is 0 Å². The Balaban J connectivity index is 2.04. The van der Waals surface area contributed by atoms with E-state index in [-0.39, 0.29) is 11.2 Å². The summed E-state index contributed by atoms with van der Waals surface area (Å²) in [5.74, 6) is 0.627. The first-order valence-corrected chi connectivity index (χ1v) is 7.79. The van der Waals surface area contributed by atoms with Gasteiger partial charge in [0.25, 0.3) is 0 Å². The van der Waals surface area contributed by atoms with Crippen molar-refractivity contribution in [2.24, 2.45) is 5.92 Å². The molecule has 0 aromatic heterocycles. The van der Waals surface area contributed by atoms with Gasteiger partial charge in [-0.1, -0.05) is 13.3 Å². The molecule has 102 valence electrons. The Kier molecular flexibility index (Phi) is 4.54. The molecule has 2 aliphatic rings. The summed E-state index contributed by atoms with van der Waals surface area (Å²) in [6.07, 6.45) is 4.69. The van der Waals surface area contributed by atoms with E-state index in [0.717, 1.165) is 25.0 Å². The standard InChI is InChI=1S/C13H21NO3S/c1-9-5-6-14(10(8-9)13(16)17)12(15)11-4-2-3-7-18-11/h9-11H,2-8H2,1H3,(H,16,17). The molecule has 4 nitrogen and oxygen atoms in total. The summed E-state index contributed by atoms with van der Waals surface area (Å²) < 4.78 is 0. The van der Waals surface area contributed by atoms with Gasteiger partial charge in [-0.2, -0.15) is 0 Å². The molecule has 0 radical (unpaired) electrons. The fourth-order valence-electron chi connectivity index (χ4n) is 2.76. The molecule has 0 aliphatic carbocycles. The van der Waals surface area contributed by atoms with Crippen molar-refractivity contribution in [3.05, 3.63) is 0 Å². The van der Waals surface area contributed by atoms with E-state index in [1.807, 2.05) is 0 Å². The predicted octanol–water partition coefficient (Wildman–Crippen LogP) is 1.98. The van der Waals surface area contributed by atoms with Crippen molar-refractivity contribution >= 4 is 23.6 Å². The Morgan fingerprint density at radius 3 is 2.67 bits per heavy atom. The topological polar surface area (TPSA) is 57.6 Å². The normalized spacial score (nSPS) is 33.2. The maximum absolute atomic E-state index is 12.4. The predicted molar refractivity (Wildman–Crippen MR) is 71.6 cm³/mol. The second-order valence-corrected chi connectivity index (χ2v) is 6.68. The molecule has 18 heavy (non-hydrogen) atoms. The highest BCUT2D eigenvalue weighted by atomic mass is 32.2. The minimum Gasteiger partial charge on any atom is -0.480 e. The van der Waals surface area contributed by atoms with Crippen molar-refractivity contribution in [1.29, 1.82) is 0 Å². The Hall–Kier alpha value is -0.710. The minimum atomic E-state index is -0.851. The van der Waals surface area contributed by atoms with Gasteiger partial charge in [0.15, 0.2) is 0 Å². The van der Waals surface area contributed by atoms with Crippen molar-refractivity contribution in [3.8, 4) is 0 Å². The van der Waals surface area contributed by atoms with E-state index < -0.39 is 12.0 Å². The van der Waals surface area contributed by atoms with E-state index in [1.54, 1.807) is 16.7 Å². The number of aliphatic carboxylic acids is 1. The molecule has 0 bridgehead atoms. The molecular weight excluding hydrogens is 250 g/mol. The van der Waals surface area contributed by atoms with Crippen LogP contribution < -0.4 is 0 Å². The van der Waals surface area contributed by atoms with Crippen LogP contribution in [0, 0.1) is 5.92 Å². The summed E-state index contributed by atoms with van der Waals surface area (Å²) in [5, 5.41) is 9.27. The zero-order chi connectivity index (χ0) is 13.1. The molecule has 2 heterocycles. The summed E-state index contributed by atoms with van der Waals surface area (Å²) in [6.45, 7) is 2.67. The van der Waals surface area contributed by atoms with Crippen LogP contribution in [0.2, 0.25) is 0 Å². The van der Waals surface area contributed by atoms with Crippen LogP contribution in [0.4, 0.5) is 0 Å². The van der Waals surface area contributed by atoms with E-state index in [2.05, 4.69) is 6.92 Å². The van der Waals surface area contributed by atoms with Crippen LogP contribution in [0.25, 0.3) is 0 Å². The molecule has 2 rings (SSSR count). The van der Waals surface area contributed by atoms with Crippen molar-refractivity contribution in [1.82, 2.24) is 4.90 Å². The van der Waals surface area contributed by atoms with Crippen LogP contribution in [-0.4, -0.2) is 45.5 Å². The third kappa shape index (κ3) is 2.99. The smallest absolute Gasteiger partial charge is 0.326 e. The molecule has 5 heteroatoms. The van der Waals surface area contributed by atoms with Gasteiger partial charge < -0.3 is 10.0 Å². The van der Waals surface area contributed by atoms with E-state index in [0.29, 0.717) is 18.9 Å². The Labute approximate surface area is 112 Å². The molecule has 1 amide bonds. The number of nitrogens with zero attached hydrogens (tertiary/aromatic N) is 1. The first-order valence-electron chi connectivity index (χ1n) is 6.74. The lowest BCUT2D eigenvalue weighted by molar-refractivity contribution is -0.152. The van der Waals surface area contributed by atoms with Crippen LogP contribution in [0.3, 0.4) is 0 Å². The van der Waals surface area contributed by atoms with Gasteiger partial charge in [0.2, 0.25) is 5.91 Å². The lowest BCUT2D eigenvalue weighted by atomic mass is 9.92. The highest BCUT2D eigenvalue weighted by Crippen LogP contribution is 2.30. The van der Waals surface area contributed by atoms with Crippen LogP contribution in [0.5, 0.6) is 0 Å². The largest absolute Gasteiger partial charge is 0.480 e. The van der Waals surface area contributed by atoms with E-state index in [4.69, 9.17) is 0 Å². The SMILES string of the molecule is CC1CCN(C(=O)C2CCCCS2)C(C(=O)O)C1. The molecule has 2 fully saturated rings. The molecular formula is C13H21NO3S. The molecule has 1 N–H and O–H groups in total. The van der Waals surface area contributed by atoms with Gasteiger partial charge in [0.05, 0.1) is 5.25 Å². The molecule has 0 spiro atoms. The van der Waals surface area contributed by atoms with Crippen LogP contribution in [-0.2, 0) is 9.59 Å². The van der Waals surface area contributed by atoms with Gasteiger partial charge in [-0.25, -0.2) is 4.79 Å². The molecule has 3 atom stereocenters. The first kappa shape index (κ1) is 13.7. The van der Waals surface area contributed by atoms with Crippen molar-refractivity contribution < 1.29 is 14.7 Å². The minimum absolute atomic E-state index is 0.00555. The number of hydrogen-bond donors (Lipinski definition) is 1. The number of thioether (sulfide) groups is 1. The fourth-order valence-corrected chi connectivity index (χ4v) is 4.03. The number of carbonyl (C=O) groups is 2. The summed E-state index contributed by atoms with van der Waals surface area (Å²) in [7, 11) is 0. The van der Waals surface area contributed by atoms with Gasteiger partial charge in [-0.05, 0) is 37.4 Å². The van der Waals surface area contributed by atoms with E-state index in [9.17, 15) is 14.7 Å². The average molecular weight is 271 g/mol. The van der Waals surface area contributed by atoms with Gasteiger partial charge in [0.1, 0.15) is 6.04 Å². The number of carboxylic acid groups (broad SMARTS) is 1. The van der Waals surface area contributed by atoms with Gasteiger partial charge in [0, 0.05) is 6.54 Å². The van der Waals surface area contributed by atoms with Crippen LogP contribution >= 0.6 is 11.8 Å². The Morgan fingerprint density at radius 1 is 1.28 bits per heavy atom. The number of amides is 1. The van der Waals surface area contributed by atoms with Gasteiger partial charge in [-0.3, -0.25) is 4.79 Å². The Bertz CT molecular complexity index is 328. The zero-order valence-electron chi connectivity index (χ0n) is 10.8. The molecule has 2 saturated heterocycles. The molecule has 3 unspecified atom stereocenters. The average Bonchev–Trinajstić information content (AvgIpc) is 2.39. The highest BCUT2D eigenvalue weighted by Gasteiger charge is 2.37. The summed E-state index contributed by atoms with van der Waals surface area (Å²) >= 11 is 1.70. The number of rotatable bonds is 2. The second-order valence-electron chi connectivity index (χ2n) is 5.37. The molecule has 2 aliphatic heterocycles. The third-order valence-electron chi connectivity index (χ3n) is 3.89. The number of carbonyl (C=O) groups excluding carboxylic acids is 1. The van der Waals surface area contributed by atoms with Crippen LogP contribution in [0.1, 0.15) is 39.0 Å². The first-order chi connectivity index (χ1) is 8.59. The van der Waals surface area contributed by atoms with Gasteiger partial charge in [-0.15, -0.1) is 11.8 Å². The lowest BCUT2D eigenvalue weighted by Crippen LogP contribution is -2.52. The monoisotopic (exact) mass is 271 g/mol. The fraction of sp³-hybridized carbons (Fsp3) is 0.846. The van der Waals surface area contributed by atoms with Crippen molar-refractivity contribution in [2.45, 2.75) is 50.3 Å². The lowest BCUT2D eigenvalue weighted by Gasteiger charge is -2.38. The number of carboxylic acids is 1.